The van der Waals surface area contributed by atoms with Gasteiger partial charge in [0, 0.05) is 26.1 Å². The van der Waals surface area contributed by atoms with Crippen LogP contribution in [0.1, 0.15) is 46.0 Å². The Morgan fingerprint density at radius 2 is 2.31 bits per heavy atom. The lowest BCUT2D eigenvalue weighted by atomic mass is 9.84. The minimum atomic E-state index is 0.286. The number of hydrogen-bond donors (Lipinski definition) is 0. The normalized spacial score (nSPS) is 28.3. The summed E-state index contributed by atoms with van der Waals surface area (Å²) in [4.78, 5) is 11.1. The summed E-state index contributed by atoms with van der Waals surface area (Å²) in [7, 11) is 0. The second kappa shape index (κ2) is 4.75. The first-order valence-corrected chi connectivity index (χ1v) is 5.26. The lowest BCUT2D eigenvalue weighted by Crippen LogP contribution is -2.13. The van der Waals surface area contributed by atoms with E-state index in [2.05, 4.69) is 6.92 Å². The maximum atomic E-state index is 11.1. The number of rotatable bonds is 5. The third-order valence-corrected chi connectivity index (χ3v) is 2.90. The number of ketones is 1. The van der Waals surface area contributed by atoms with Crippen LogP contribution in [0.25, 0.3) is 0 Å². The van der Waals surface area contributed by atoms with E-state index in [0.717, 1.165) is 45.3 Å². The van der Waals surface area contributed by atoms with Crippen molar-refractivity contribution in [2.24, 2.45) is 5.41 Å². The number of hydrogen-bond acceptors (Lipinski definition) is 2. The van der Waals surface area contributed by atoms with Crippen LogP contribution in [0.3, 0.4) is 0 Å². The largest absolute Gasteiger partial charge is 0.382 e. The molecular weight excluding hydrogens is 164 g/mol. The third kappa shape index (κ3) is 3.47. The van der Waals surface area contributed by atoms with E-state index in [1.165, 1.54) is 0 Å². The molecule has 76 valence electrons. The quantitative estimate of drug-likeness (QED) is 0.614. The molecule has 0 saturated heterocycles. The first-order chi connectivity index (χ1) is 6.16. The van der Waals surface area contributed by atoms with Crippen molar-refractivity contribution in [3.8, 4) is 0 Å². The Bertz CT molecular complexity index is 177. The topological polar surface area (TPSA) is 26.3 Å². The molecule has 1 rings (SSSR count). The van der Waals surface area contributed by atoms with Crippen LogP contribution in [0, 0.1) is 5.41 Å². The third-order valence-electron chi connectivity index (χ3n) is 2.90. The number of carbonyl (C=O) groups is 1. The van der Waals surface area contributed by atoms with E-state index in [0.29, 0.717) is 5.78 Å². The van der Waals surface area contributed by atoms with E-state index >= 15 is 0 Å². The van der Waals surface area contributed by atoms with Crippen molar-refractivity contribution >= 4 is 5.78 Å². The zero-order valence-corrected chi connectivity index (χ0v) is 8.77. The molecule has 0 aromatic carbocycles. The van der Waals surface area contributed by atoms with Crippen LogP contribution in [0.5, 0.6) is 0 Å². The van der Waals surface area contributed by atoms with E-state index in [-0.39, 0.29) is 5.41 Å². The van der Waals surface area contributed by atoms with E-state index in [4.69, 9.17) is 4.74 Å². The fourth-order valence-corrected chi connectivity index (χ4v) is 2.05. The summed E-state index contributed by atoms with van der Waals surface area (Å²) in [5.74, 6) is 0.443. The molecule has 0 N–H and O–H groups in total. The summed E-state index contributed by atoms with van der Waals surface area (Å²) < 4.78 is 5.28. The van der Waals surface area contributed by atoms with Crippen LogP contribution < -0.4 is 0 Å². The molecule has 0 bridgehead atoms. The van der Waals surface area contributed by atoms with Crippen molar-refractivity contribution < 1.29 is 9.53 Å². The van der Waals surface area contributed by atoms with Gasteiger partial charge in [-0.15, -0.1) is 0 Å². The van der Waals surface area contributed by atoms with Gasteiger partial charge in [-0.3, -0.25) is 4.79 Å². The Kier molecular flexibility index (Phi) is 3.91. The molecule has 2 nitrogen and oxygen atoms in total. The smallest absolute Gasteiger partial charge is 0.133 e. The lowest BCUT2D eigenvalue weighted by Gasteiger charge is -2.21. The SMILES string of the molecule is CCOCCCC1(C)CCC(=O)C1. The average Bonchev–Trinajstić information content (AvgIpc) is 2.41. The van der Waals surface area contributed by atoms with Crippen molar-refractivity contribution in [1.29, 1.82) is 0 Å². The van der Waals surface area contributed by atoms with Gasteiger partial charge in [-0.2, -0.15) is 0 Å². The van der Waals surface area contributed by atoms with Crippen LogP contribution in [-0.4, -0.2) is 19.0 Å². The van der Waals surface area contributed by atoms with E-state index in [9.17, 15) is 4.79 Å². The highest BCUT2D eigenvalue weighted by Crippen LogP contribution is 2.39. The second-order valence-electron chi connectivity index (χ2n) is 4.33. The van der Waals surface area contributed by atoms with Gasteiger partial charge in [0.2, 0.25) is 0 Å². The first kappa shape index (κ1) is 10.7. The monoisotopic (exact) mass is 184 g/mol. The minimum Gasteiger partial charge on any atom is -0.382 e. The average molecular weight is 184 g/mol. The van der Waals surface area contributed by atoms with Crippen LogP contribution in [0.2, 0.25) is 0 Å². The predicted molar refractivity (Wildman–Crippen MR) is 52.7 cm³/mol. The zero-order chi connectivity index (χ0) is 9.73. The highest BCUT2D eigenvalue weighted by molar-refractivity contribution is 5.81. The van der Waals surface area contributed by atoms with Crippen LogP contribution in [-0.2, 0) is 9.53 Å². The van der Waals surface area contributed by atoms with Gasteiger partial charge < -0.3 is 4.74 Å². The molecule has 1 aliphatic rings. The van der Waals surface area contributed by atoms with E-state index in [1.807, 2.05) is 6.92 Å². The predicted octanol–water partition coefficient (Wildman–Crippen LogP) is 2.56. The van der Waals surface area contributed by atoms with E-state index < -0.39 is 0 Å². The molecule has 0 aromatic heterocycles. The van der Waals surface area contributed by atoms with Crippen LogP contribution >= 0.6 is 0 Å². The molecule has 0 heterocycles. The highest BCUT2D eigenvalue weighted by atomic mass is 16.5. The molecule has 1 atom stereocenters. The molecule has 2 heteroatoms. The molecule has 1 unspecified atom stereocenters. The van der Waals surface area contributed by atoms with Crippen molar-refractivity contribution in [3.05, 3.63) is 0 Å². The fraction of sp³-hybridized carbons (Fsp3) is 0.909. The minimum absolute atomic E-state index is 0.286. The van der Waals surface area contributed by atoms with Gasteiger partial charge in [0.25, 0.3) is 0 Å². The maximum Gasteiger partial charge on any atom is 0.133 e. The molecule has 1 aliphatic carbocycles. The van der Waals surface area contributed by atoms with Crippen molar-refractivity contribution in [2.75, 3.05) is 13.2 Å². The summed E-state index contributed by atoms with van der Waals surface area (Å²) >= 11 is 0. The van der Waals surface area contributed by atoms with Gasteiger partial charge in [-0.1, -0.05) is 6.92 Å². The Morgan fingerprint density at radius 3 is 2.85 bits per heavy atom. The Labute approximate surface area is 80.7 Å². The van der Waals surface area contributed by atoms with Crippen LogP contribution in [0.15, 0.2) is 0 Å². The molecule has 1 saturated carbocycles. The molecule has 13 heavy (non-hydrogen) atoms. The summed E-state index contributed by atoms with van der Waals surface area (Å²) in [6.07, 6.45) is 4.90. The maximum absolute atomic E-state index is 11.1. The summed E-state index contributed by atoms with van der Waals surface area (Å²) in [5.41, 5.74) is 0.286. The standard InChI is InChI=1S/C11H20O2/c1-3-13-8-4-6-11(2)7-5-10(12)9-11/h3-9H2,1-2H3. The summed E-state index contributed by atoms with van der Waals surface area (Å²) in [5, 5.41) is 0. The molecular formula is C11H20O2. The Balaban J connectivity index is 2.16. The number of carbonyl (C=O) groups excluding carboxylic acids is 1. The van der Waals surface area contributed by atoms with Crippen molar-refractivity contribution in [1.82, 2.24) is 0 Å². The molecule has 0 radical (unpaired) electrons. The Morgan fingerprint density at radius 1 is 1.54 bits per heavy atom. The van der Waals surface area contributed by atoms with Gasteiger partial charge >= 0.3 is 0 Å². The van der Waals surface area contributed by atoms with Gasteiger partial charge in [0.1, 0.15) is 5.78 Å². The first-order valence-electron chi connectivity index (χ1n) is 5.26. The Hall–Kier alpha value is -0.370. The van der Waals surface area contributed by atoms with Crippen molar-refractivity contribution in [3.63, 3.8) is 0 Å². The van der Waals surface area contributed by atoms with Gasteiger partial charge in [0.05, 0.1) is 0 Å². The van der Waals surface area contributed by atoms with Gasteiger partial charge in [0.15, 0.2) is 0 Å². The summed E-state index contributed by atoms with van der Waals surface area (Å²) in [6.45, 7) is 5.89. The molecule has 1 fully saturated rings. The van der Waals surface area contributed by atoms with E-state index in [1.54, 1.807) is 0 Å². The molecule has 0 aromatic rings. The number of ether oxygens (including phenoxy) is 1. The zero-order valence-electron chi connectivity index (χ0n) is 8.77. The van der Waals surface area contributed by atoms with Crippen LogP contribution in [0.4, 0.5) is 0 Å². The fourth-order valence-electron chi connectivity index (χ4n) is 2.05. The van der Waals surface area contributed by atoms with Crippen molar-refractivity contribution in [2.45, 2.75) is 46.0 Å². The summed E-state index contributed by atoms with van der Waals surface area (Å²) in [6, 6.07) is 0. The molecule has 0 amide bonds. The lowest BCUT2D eigenvalue weighted by molar-refractivity contribution is -0.118. The molecule has 0 aliphatic heterocycles. The second-order valence-corrected chi connectivity index (χ2v) is 4.33. The van der Waals surface area contributed by atoms with Gasteiger partial charge in [-0.25, -0.2) is 0 Å². The number of Topliss-reactive ketones (excluding diaryl/α,β-unsaturated/α-hetero) is 1. The van der Waals surface area contributed by atoms with Gasteiger partial charge in [-0.05, 0) is 31.6 Å². The molecule has 0 spiro atoms. The highest BCUT2D eigenvalue weighted by Gasteiger charge is 2.32.